The average molecular weight is 214 g/mol. The molecule has 0 aromatic heterocycles. The lowest BCUT2D eigenvalue weighted by molar-refractivity contribution is -0.109. The maximum absolute atomic E-state index is 12.5. The lowest BCUT2D eigenvalue weighted by atomic mass is 9.81. The number of nitrogens with zero attached hydrogens (tertiary/aromatic N) is 1. The van der Waals surface area contributed by atoms with Crippen molar-refractivity contribution in [3.8, 4) is 6.07 Å². The molecule has 1 N–H and O–H groups in total. The Hall–Kier alpha value is -0.690. The van der Waals surface area contributed by atoms with Crippen LogP contribution in [0.5, 0.6) is 0 Å². The highest BCUT2D eigenvalue weighted by Gasteiger charge is 2.45. The summed E-state index contributed by atoms with van der Waals surface area (Å²) in [6, 6.07) is 2.64. The van der Waals surface area contributed by atoms with Gasteiger partial charge in [0, 0.05) is 24.8 Å². The molecule has 2 nitrogen and oxygen atoms in total. The van der Waals surface area contributed by atoms with Gasteiger partial charge in [0.1, 0.15) is 0 Å². The van der Waals surface area contributed by atoms with Crippen molar-refractivity contribution in [2.45, 2.75) is 44.1 Å². The zero-order valence-corrected chi connectivity index (χ0v) is 8.68. The van der Waals surface area contributed by atoms with Crippen molar-refractivity contribution in [1.29, 1.82) is 5.26 Å². The van der Waals surface area contributed by atoms with Crippen LogP contribution in [0, 0.1) is 23.2 Å². The van der Waals surface area contributed by atoms with Crippen molar-refractivity contribution >= 4 is 0 Å². The molecule has 0 radical (unpaired) electrons. The smallest absolute Gasteiger partial charge is 0.248 e. The topological polar surface area (TPSA) is 35.8 Å². The largest absolute Gasteiger partial charge is 0.314 e. The predicted molar refractivity (Wildman–Crippen MR) is 52.4 cm³/mol. The SMILES string of the molecule is N#CC1CCC(NCC2CC(F)(F)C2)C1. The van der Waals surface area contributed by atoms with Crippen molar-refractivity contribution < 1.29 is 8.78 Å². The molecule has 2 fully saturated rings. The van der Waals surface area contributed by atoms with E-state index in [1.165, 1.54) is 0 Å². The second-order valence-corrected chi connectivity index (χ2v) is 4.87. The van der Waals surface area contributed by atoms with Gasteiger partial charge in [-0.1, -0.05) is 0 Å². The summed E-state index contributed by atoms with van der Waals surface area (Å²) in [5, 5.41) is 12.0. The van der Waals surface area contributed by atoms with Crippen LogP contribution in [-0.4, -0.2) is 18.5 Å². The lowest BCUT2D eigenvalue weighted by Crippen LogP contribution is -2.43. The van der Waals surface area contributed by atoms with Crippen molar-refractivity contribution in [2.75, 3.05) is 6.54 Å². The summed E-state index contributed by atoms with van der Waals surface area (Å²) in [6.07, 6.45) is 2.93. The van der Waals surface area contributed by atoms with Crippen LogP contribution in [0.1, 0.15) is 32.1 Å². The van der Waals surface area contributed by atoms with E-state index in [1.54, 1.807) is 0 Å². The zero-order valence-electron chi connectivity index (χ0n) is 8.68. The predicted octanol–water partition coefficient (Wildman–Crippen LogP) is 2.31. The summed E-state index contributed by atoms with van der Waals surface area (Å²) in [7, 11) is 0. The fourth-order valence-corrected chi connectivity index (χ4v) is 2.55. The minimum atomic E-state index is -2.41. The van der Waals surface area contributed by atoms with Gasteiger partial charge in [-0.25, -0.2) is 8.78 Å². The minimum absolute atomic E-state index is 0.0361. The molecule has 2 unspecified atom stereocenters. The van der Waals surface area contributed by atoms with E-state index in [-0.39, 0.29) is 24.7 Å². The van der Waals surface area contributed by atoms with Gasteiger partial charge in [-0.3, -0.25) is 0 Å². The molecule has 0 aromatic rings. The summed E-state index contributed by atoms with van der Waals surface area (Å²) in [5.74, 6) is -2.09. The molecule has 2 saturated carbocycles. The Labute approximate surface area is 88.7 Å². The van der Waals surface area contributed by atoms with Gasteiger partial charge in [-0.05, 0) is 31.7 Å². The van der Waals surface area contributed by atoms with Crippen LogP contribution >= 0.6 is 0 Å². The molecule has 2 aliphatic rings. The van der Waals surface area contributed by atoms with Gasteiger partial charge in [-0.2, -0.15) is 5.26 Å². The molecule has 4 heteroatoms. The number of nitrogens with one attached hydrogen (secondary N) is 1. The van der Waals surface area contributed by atoms with Gasteiger partial charge in [0.15, 0.2) is 0 Å². The molecule has 2 rings (SSSR count). The molecule has 2 aliphatic carbocycles. The number of halogens is 2. The average Bonchev–Trinajstić information content (AvgIpc) is 2.59. The molecule has 15 heavy (non-hydrogen) atoms. The lowest BCUT2D eigenvalue weighted by Gasteiger charge is -2.35. The standard InChI is InChI=1S/C11H16F2N2/c12-11(13)4-9(5-11)7-15-10-2-1-8(3-10)6-14/h8-10,15H,1-5,7H2. The molecule has 0 heterocycles. The summed E-state index contributed by atoms with van der Waals surface area (Å²) in [5.41, 5.74) is 0. The van der Waals surface area contributed by atoms with E-state index in [9.17, 15) is 8.78 Å². The van der Waals surface area contributed by atoms with Crippen LogP contribution in [0.15, 0.2) is 0 Å². The highest BCUT2D eigenvalue weighted by Crippen LogP contribution is 2.42. The van der Waals surface area contributed by atoms with Crippen molar-refractivity contribution in [1.82, 2.24) is 5.32 Å². The summed E-state index contributed by atoms with van der Waals surface area (Å²) < 4.78 is 25.1. The molecule has 0 bridgehead atoms. The first-order valence-electron chi connectivity index (χ1n) is 5.60. The maximum Gasteiger partial charge on any atom is 0.248 e. The third kappa shape index (κ3) is 2.66. The number of hydrogen-bond donors (Lipinski definition) is 1. The third-order valence-electron chi connectivity index (χ3n) is 3.49. The molecule has 0 aromatic carbocycles. The van der Waals surface area contributed by atoms with E-state index in [2.05, 4.69) is 11.4 Å². The quantitative estimate of drug-likeness (QED) is 0.782. The fourth-order valence-electron chi connectivity index (χ4n) is 2.55. The minimum Gasteiger partial charge on any atom is -0.314 e. The van der Waals surface area contributed by atoms with E-state index < -0.39 is 5.92 Å². The third-order valence-corrected chi connectivity index (χ3v) is 3.49. The van der Waals surface area contributed by atoms with Crippen molar-refractivity contribution in [3.05, 3.63) is 0 Å². The Bertz CT molecular complexity index is 264. The second kappa shape index (κ2) is 4.05. The fraction of sp³-hybridized carbons (Fsp3) is 0.909. The van der Waals surface area contributed by atoms with Gasteiger partial charge in [0.05, 0.1) is 6.07 Å². The maximum atomic E-state index is 12.5. The Morgan fingerprint density at radius 3 is 2.60 bits per heavy atom. The first-order valence-corrected chi connectivity index (χ1v) is 5.60. The van der Waals surface area contributed by atoms with Crippen LogP contribution < -0.4 is 5.32 Å². The van der Waals surface area contributed by atoms with E-state index >= 15 is 0 Å². The zero-order chi connectivity index (χ0) is 10.9. The Morgan fingerprint density at radius 2 is 2.07 bits per heavy atom. The van der Waals surface area contributed by atoms with Gasteiger partial charge in [-0.15, -0.1) is 0 Å². The van der Waals surface area contributed by atoms with Gasteiger partial charge in [0.2, 0.25) is 5.92 Å². The van der Waals surface area contributed by atoms with Gasteiger partial charge >= 0.3 is 0 Å². The molecule has 0 saturated heterocycles. The van der Waals surface area contributed by atoms with Crippen molar-refractivity contribution in [2.24, 2.45) is 11.8 Å². The van der Waals surface area contributed by atoms with Crippen LogP contribution in [0.4, 0.5) is 8.78 Å². The number of rotatable bonds is 3. The second-order valence-electron chi connectivity index (χ2n) is 4.87. The molecule has 0 spiro atoms. The highest BCUT2D eigenvalue weighted by molar-refractivity contribution is 4.94. The Morgan fingerprint density at radius 1 is 1.33 bits per heavy atom. The highest BCUT2D eigenvalue weighted by atomic mass is 19.3. The van der Waals surface area contributed by atoms with E-state index in [0.717, 1.165) is 19.3 Å². The van der Waals surface area contributed by atoms with E-state index in [4.69, 9.17) is 5.26 Å². The Kier molecular flexibility index (Phi) is 2.92. The molecule has 2 atom stereocenters. The normalized spacial score (nSPS) is 34.7. The van der Waals surface area contributed by atoms with Gasteiger partial charge < -0.3 is 5.32 Å². The van der Waals surface area contributed by atoms with Crippen LogP contribution in [0.25, 0.3) is 0 Å². The van der Waals surface area contributed by atoms with Gasteiger partial charge in [0.25, 0.3) is 0 Å². The summed E-state index contributed by atoms with van der Waals surface area (Å²) in [6.45, 7) is 0.693. The molecular formula is C11H16F2N2. The van der Waals surface area contributed by atoms with E-state index in [1.807, 2.05) is 0 Å². The van der Waals surface area contributed by atoms with Crippen molar-refractivity contribution in [3.63, 3.8) is 0 Å². The monoisotopic (exact) mass is 214 g/mol. The van der Waals surface area contributed by atoms with E-state index in [0.29, 0.717) is 12.6 Å². The first-order chi connectivity index (χ1) is 7.09. The summed E-state index contributed by atoms with van der Waals surface area (Å²) in [4.78, 5) is 0. The number of hydrogen-bond acceptors (Lipinski definition) is 2. The number of alkyl halides is 2. The Balaban J connectivity index is 1.62. The number of nitriles is 1. The molecule has 84 valence electrons. The van der Waals surface area contributed by atoms with Crippen LogP contribution in [0.3, 0.4) is 0 Å². The summed E-state index contributed by atoms with van der Waals surface area (Å²) >= 11 is 0. The molecule has 0 amide bonds. The van der Waals surface area contributed by atoms with Crippen LogP contribution in [-0.2, 0) is 0 Å². The molecule has 0 aliphatic heterocycles. The molecular weight excluding hydrogens is 198 g/mol. The first kappa shape index (κ1) is 10.8. The van der Waals surface area contributed by atoms with Crippen LogP contribution in [0.2, 0.25) is 0 Å².